The van der Waals surface area contributed by atoms with E-state index in [1.807, 2.05) is 18.2 Å². The molecule has 0 aliphatic heterocycles. The molecule has 1 aliphatic carbocycles. The number of amides is 1. The van der Waals surface area contributed by atoms with Crippen molar-refractivity contribution in [2.45, 2.75) is 52.5 Å². The van der Waals surface area contributed by atoms with Crippen LogP contribution in [0.4, 0.5) is 0 Å². The molecule has 24 heavy (non-hydrogen) atoms. The van der Waals surface area contributed by atoms with Crippen molar-refractivity contribution in [1.29, 1.82) is 0 Å². The van der Waals surface area contributed by atoms with Crippen LogP contribution in [0, 0.1) is 17.8 Å². The summed E-state index contributed by atoms with van der Waals surface area (Å²) in [6, 6.07) is 5.94. The van der Waals surface area contributed by atoms with Crippen molar-refractivity contribution in [3.8, 4) is 11.5 Å². The largest absolute Gasteiger partial charge is 0.493 e. The molecule has 1 aliphatic rings. The van der Waals surface area contributed by atoms with Crippen molar-refractivity contribution in [2.75, 3.05) is 14.2 Å². The lowest BCUT2D eigenvalue weighted by Crippen LogP contribution is -2.46. The topological polar surface area (TPSA) is 47.6 Å². The lowest BCUT2D eigenvalue weighted by molar-refractivity contribution is -0.122. The van der Waals surface area contributed by atoms with Gasteiger partial charge in [-0.3, -0.25) is 4.79 Å². The number of hydrogen-bond donors (Lipinski definition) is 1. The fourth-order valence-corrected chi connectivity index (χ4v) is 3.80. The van der Waals surface area contributed by atoms with E-state index in [1.165, 1.54) is 12.8 Å². The molecule has 134 valence electrons. The second-order valence-corrected chi connectivity index (χ2v) is 7.37. The van der Waals surface area contributed by atoms with E-state index in [2.05, 4.69) is 26.1 Å². The van der Waals surface area contributed by atoms with Crippen LogP contribution in [0.5, 0.6) is 11.5 Å². The molecular formula is C20H31NO3. The van der Waals surface area contributed by atoms with Crippen molar-refractivity contribution in [2.24, 2.45) is 17.8 Å². The summed E-state index contributed by atoms with van der Waals surface area (Å²) in [5, 5.41) is 3.28. The van der Waals surface area contributed by atoms with Crippen molar-refractivity contribution in [3.05, 3.63) is 23.8 Å². The van der Waals surface area contributed by atoms with Crippen LogP contribution >= 0.6 is 0 Å². The Balaban J connectivity index is 2.01. The molecule has 1 saturated carbocycles. The van der Waals surface area contributed by atoms with Crippen molar-refractivity contribution in [3.63, 3.8) is 0 Å². The number of rotatable bonds is 6. The van der Waals surface area contributed by atoms with E-state index in [1.54, 1.807) is 14.2 Å². The molecule has 2 rings (SSSR count). The molecule has 1 fully saturated rings. The van der Waals surface area contributed by atoms with E-state index < -0.39 is 0 Å². The first-order valence-electron chi connectivity index (χ1n) is 8.94. The van der Waals surface area contributed by atoms with Crippen molar-refractivity contribution in [1.82, 2.24) is 5.32 Å². The molecule has 1 aromatic carbocycles. The zero-order chi connectivity index (χ0) is 17.7. The van der Waals surface area contributed by atoms with E-state index in [4.69, 9.17) is 9.47 Å². The molecule has 1 aromatic rings. The maximum Gasteiger partial charge on any atom is 0.224 e. The van der Waals surface area contributed by atoms with Crippen LogP contribution < -0.4 is 14.8 Å². The molecule has 0 heterocycles. The highest BCUT2D eigenvalue weighted by atomic mass is 16.5. The number of hydrogen-bond acceptors (Lipinski definition) is 3. The van der Waals surface area contributed by atoms with Crippen LogP contribution in [0.3, 0.4) is 0 Å². The average Bonchev–Trinajstić information content (AvgIpc) is 2.54. The van der Waals surface area contributed by atoms with Crippen LogP contribution in [-0.2, 0) is 11.2 Å². The van der Waals surface area contributed by atoms with Gasteiger partial charge in [-0.1, -0.05) is 33.3 Å². The summed E-state index contributed by atoms with van der Waals surface area (Å²) in [6.07, 6.45) is 3.93. The van der Waals surface area contributed by atoms with Gasteiger partial charge in [-0.25, -0.2) is 0 Å². The highest BCUT2D eigenvalue weighted by Gasteiger charge is 2.31. The van der Waals surface area contributed by atoms with Gasteiger partial charge in [0.25, 0.3) is 0 Å². The van der Waals surface area contributed by atoms with Gasteiger partial charge in [0.2, 0.25) is 5.91 Å². The van der Waals surface area contributed by atoms with Crippen LogP contribution in [0.25, 0.3) is 0 Å². The highest BCUT2D eigenvalue weighted by molar-refractivity contribution is 5.79. The average molecular weight is 333 g/mol. The Bertz CT molecular complexity index is 556. The van der Waals surface area contributed by atoms with Gasteiger partial charge in [-0.05, 0) is 48.3 Å². The molecule has 0 radical (unpaired) electrons. The van der Waals surface area contributed by atoms with E-state index in [0.717, 1.165) is 12.0 Å². The number of carbonyl (C=O) groups excluding carboxylic acids is 1. The Morgan fingerprint density at radius 1 is 1.21 bits per heavy atom. The predicted molar refractivity (Wildman–Crippen MR) is 96.5 cm³/mol. The van der Waals surface area contributed by atoms with Crippen molar-refractivity contribution >= 4 is 5.91 Å². The van der Waals surface area contributed by atoms with Gasteiger partial charge in [0, 0.05) is 6.04 Å². The minimum atomic E-state index is 0.0898. The first kappa shape index (κ1) is 18.6. The maximum atomic E-state index is 12.5. The molecule has 0 bridgehead atoms. The zero-order valence-corrected chi connectivity index (χ0v) is 15.6. The Kier molecular flexibility index (Phi) is 6.52. The van der Waals surface area contributed by atoms with Crippen LogP contribution in [-0.4, -0.2) is 26.2 Å². The quantitative estimate of drug-likeness (QED) is 0.861. The first-order chi connectivity index (χ1) is 11.4. The van der Waals surface area contributed by atoms with Gasteiger partial charge >= 0.3 is 0 Å². The molecule has 0 saturated heterocycles. The highest BCUT2D eigenvalue weighted by Crippen LogP contribution is 2.33. The summed E-state index contributed by atoms with van der Waals surface area (Å²) < 4.78 is 10.6. The van der Waals surface area contributed by atoms with Gasteiger partial charge in [0.05, 0.1) is 20.6 Å². The third-order valence-electron chi connectivity index (χ3n) is 5.18. The van der Waals surface area contributed by atoms with Crippen LogP contribution in [0.1, 0.15) is 45.6 Å². The number of methoxy groups -OCH3 is 2. The van der Waals surface area contributed by atoms with Crippen molar-refractivity contribution < 1.29 is 14.3 Å². The zero-order valence-electron chi connectivity index (χ0n) is 15.6. The number of ether oxygens (including phenoxy) is 2. The summed E-state index contributed by atoms with van der Waals surface area (Å²) >= 11 is 0. The number of nitrogens with one attached hydrogen (secondary N) is 1. The van der Waals surface area contributed by atoms with Gasteiger partial charge in [-0.15, -0.1) is 0 Å². The van der Waals surface area contributed by atoms with E-state index >= 15 is 0 Å². The third-order valence-corrected chi connectivity index (χ3v) is 5.18. The van der Waals surface area contributed by atoms with Gasteiger partial charge in [-0.2, -0.15) is 0 Å². The molecule has 0 aromatic heterocycles. The van der Waals surface area contributed by atoms with Crippen LogP contribution in [0.15, 0.2) is 18.2 Å². The summed E-state index contributed by atoms with van der Waals surface area (Å²) in [5.41, 5.74) is 0.940. The smallest absolute Gasteiger partial charge is 0.224 e. The molecule has 0 spiro atoms. The molecule has 4 heteroatoms. The standard InChI is InChI=1S/C20H31NO3/c1-13(2)16-8-6-14(3)10-17(16)21-20(22)12-15-7-9-18(23-4)19(11-15)24-5/h7,9,11,13-14,16-17H,6,8,10,12H2,1-5H3,(H,21,22). The molecule has 4 nitrogen and oxygen atoms in total. The monoisotopic (exact) mass is 333 g/mol. The lowest BCUT2D eigenvalue weighted by Gasteiger charge is -2.37. The lowest BCUT2D eigenvalue weighted by atomic mass is 9.74. The van der Waals surface area contributed by atoms with E-state index in [9.17, 15) is 4.79 Å². The predicted octanol–water partition coefficient (Wildman–Crippen LogP) is 3.82. The second-order valence-electron chi connectivity index (χ2n) is 7.37. The maximum absolute atomic E-state index is 12.5. The Morgan fingerprint density at radius 3 is 2.54 bits per heavy atom. The summed E-state index contributed by atoms with van der Waals surface area (Å²) in [4.78, 5) is 12.5. The summed E-state index contributed by atoms with van der Waals surface area (Å²) in [6.45, 7) is 6.80. The van der Waals surface area contributed by atoms with E-state index in [0.29, 0.717) is 41.7 Å². The minimum absolute atomic E-state index is 0.0898. The summed E-state index contributed by atoms with van der Waals surface area (Å²) in [7, 11) is 3.22. The molecular weight excluding hydrogens is 302 g/mol. The number of benzene rings is 1. The molecule has 1 N–H and O–H groups in total. The van der Waals surface area contributed by atoms with Gasteiger partial charge < -0.3 is 14.8 Å². The Labute approximate surface area is 145 Å². The molecule has 1 amide bonds. The molecule has 3 atom stereocenters. The fraction of sp³-hybridized carbons (Fsp3) is 0.650. The summed E-state index contributed by atoms with van der Waals surface area (Å²) in [5.74, 6) is 3.30. The van der Waals surface area contributed by atoms with Gasteiger partial charge in [0.15, 0.2) is 11.5 Å². The second kappa shape index (κ2) is 8.41. The Morgan fingerprint density at radius 2 is 1.92 bits per heavy atom. The minimum Gasteiger partial charge on any atom is -0.493 e. The van der Waals surface area contributed by atoms with E-state index in [-0.39, 0.29) is 5.91 Å². The third kappa shape index (κ3) is 4.65. The SMILES string of the molecule is COc1ccc(CC(=O)NC2CC(C)CCC2C(C)C)cc1OC. The fourth-order valence-electron chi connectivity index (χ4n) is 3.80. The first-order valence-corrected chi connectivity index (χ1v) is 8.94. The van der Waals surface area contributed by atoms with Crippen LogP contribution in [0.2, 0.25) is 0 Å². The van der Waals surface area contributed by atoms with Gasteiger partial charge in [0.1, 0.15) is 0 Å². The number of carbonyl (C=O) groups is 1. The normalized spacial score (nSPS) is 23.8. The Hall–Kier alpha value is -1.71. The molecule has 3 unspecified atom stereocenters.